The van der Waals surface area contributed by atoms with Gasteiger partial charge >= 0.3 is 0 Å². The van der Waals surface area contributed by atoms with Crippen molar-refractivity contribution in [3.8, 4) is 0 Å². The zero-order valence-electron chi connectivity index (χ0n) is 7.52. The molecule has 1 radical (unpaired) electrons. The van der Waals surface area contributed by atoms with Gasteiger partial charge in [-0.25, -0.2) is 0 Å². The van der Waals surface area contributed by atoms with E-state index in [4.69, 9.17) is 19.2 Å². The quantitative estimate of drug-likeness (QED) is 0.459. The van der Waals surface area contributed by atoms with Crippen LogP contribution >= 0.6 is 0 Å². The summed E-state index contributed by atoms with van der Waals surface area (Å²) in [4.78, 5) is 34.2. The fourth-order valence-corrected chi connectivity index (χ4v) is 0. The average molecular weight is 250 g/mol. The second kappa shape index (κ2) is 133. The predicted octanol–water partition coefficient (Wildman–Crippen LogP) is 0.339. The fraction of sp³-hybridized carbons (Fsp3) is 0.429. The Hall–Kier alpha value is -0.216. The van der Waals surface area contributed by atoms with Gasteiger partial charge < -0.3 is 19.2 Å². The van der Waals surface area contributed by atoms with Crippen LogP contribution < -0.4 is 0 Å². The Morgan fingerprint density at radius 3 is 0.750 bits per heavy atom. The van der Waals surface area contributed by atoms with Crippen LogP contribution in [0.2, 0.25) is 0 Å². The van der Waals surface area contributed by atoms with Crippen molar-refractivity contribution in [2.45, 2.75) is 20.8 Å². The second-order valence-corrected chi connectivity index (χ2v) is 0.707. The van der Waals surface area contributed by atoms with Crippen LogP contribution in [0.25, 0.3) is 0 Å². The average Bonchev–Trinajstić information content (AvgIpc) is 1.96. The molecule has 0 heterocycles. The van der Waals surface area contributed by atoms with E-state index >= 15 is 0 Å². The van der Waals surface area contributed by atoms with E-state index in [2.05, 4.69) is 6.79 Å². The van der Waals surface area contributed by atoms with Crippen LogP contribution in [-0.2, 0) is 51.9 Å². The molecule has 0 amide bonds. The normalized spacial score (nSPS) is 3.58. The summed E-state index contributed by atoms with van der Waals surface area (Å²) < 4.78 is 0. The second-order valence-electron chi connectivity index (χ2n) is 0.707. The maximum atomic E-state index is 8.81. The fourth-order valence-electron chi connectivity index (χ4n) is 0. The largest absolute Gasteiger partial charge is 0.545 e. The number of hydrogen-bond donors (Lipinski definition) is 0. The van der Waals surface area contributed by atoms with Gasteiger partial charge in [-0.3, -0.25) is 6.79 Å². The van der Waals surface area contributed by atoms with Gasteiger partial charge in [-0.1, -0.05) is 0 Å². The van der Waals surface area contributed by atoms with Crippen molar-refractivity contribution in [1.82, 2.24) is 0 Å². The molecule has 0 aromatic carbocycles. The predicted molar refractivity (Wildman–Crippen MR) is 42.0 cm³/mol. The van der Waals surface area contributed by atoms with Crippen LogP contribution in [0.5, 0.6) is 0 Å². The van der Waals surface area contributed by atoms with Gasteiger partial charge in [-0.15, -0.1) is 0 Å². The van der Waals surface area contributed by atoms with Gasteiger partial charge in [0.05, 0.1) is 0 Å². The molecule has 0 saturated carbocycles. The topological polar surface area (TPSA) is 68.3 Å². The maximum Gasteiger partial charge on any atom is 0.116 e. The van der Waals surface area contributed by atoms with Crippen molar-refractivity contribution in [1.29, 1.82) is 0 Å². The molecule has 0 N–H and O–H groups in total. The van der Waals surface area contributed by atoms with Crippen LogP contribution in [0.4, 0.5) is 0 Å². The van der Waals surface area contributed by atoms with Gasteiger partial charge in [0.2, 0.25) is 0 Å². The minimum atomic E-state index is 0. The van der Waals surface area contributed by atoms with E-state index in [1.165, 1.54) is 20.8 Å². The summed E-state index contributed by atoms with van der Waals surface area (Å²) in [5.41, 5.74) is 0. The van der Waals surface area contributed by atoms with E-state index in [9.17, 15) is 0 Å². The van der Waals surface area contributed by atoms with E-state index in [1.807, 2.05) is 0 Å². The summed E-state index contributed by atoms with van der Waals surface area (Å²) in [6, 6.07) is 0. The summed E-state index contributed by atoms with van der Waals surface area (Å²) in [7, 11) is 0. The van der Waals surface area contributed by atoms with E-state index in [0.29, 0.717) is 0 Å². The van der Waals surface area contributed by atoms with Gasteiger partial charge in [-0.2, -0.15) is 0 Å². The molecule has 0 aromatic rings. The number of hydrogen-bond acceptors (Lipinski definition) is 4. The van der Waals surface area contributed by atoms with Crippen molar-refractivity contribution in [3.63, 3.8) is 0 Å². The van der Waals surface area contributed by atoms with E-state index in [0.717, 1.165) is 18.9 Å². The van der Waals surface area contributed by atoms with Gasteiger partial charge in [0.1, 0.15) is 18.9 Å². The van der Waals surface area contributed by atoms with Crippen molar-refractivity contribution < 1.29 is 51.9 Å². The summed E-state index contributed by atoms with van der Waals surface area (Å²) >= 11 is 0. The Labute approximate surface area is 98.0 Å². The molecule has 0 aliphatic carbocycles. The molecule has 5 heteroatoms. The summed E-state index contributed by atoms with van der Waals surface area (Å²) in [6.45, 7) is 7.58. The Morgan fingerprint density at radius 1 is 0.750 bits per heavy atom. The molecule has 0 atom stereocenters. The monoisotopic (exact) mass is 250 g/mol. The molecule has 69 valence electrons. The molecule has 0 bridgehead atoms. The van der Waals surface area contributed by atoms with Gasteiger partial charge in [-0.05, 0) is 20.8 Å². The van der Waals surface area contributed by atoms with Crippen LogP contribution in [0.3, 0.4) is 0 Å². The van der Waals surface area contributed by atoms with Gasteiger partial charge in [0.15, 0.2) is 0 Å². The van der Waals surface area contributed by atoms with Crippen LogP contribution in [0.1, 0.15) is 20.8 Å². The molecule has 0 unspecified atom stereocenters. The molecule has 0 aromatic heterocycles. The zero-order chi connectivity index (χ0) is 10.1. The minimum absolute atomic E-state index is 0. The van der Waals surface area contributed by atoms with Crippen molar-refractivity contribution in [2.75, 3.05) is 0 Å². The first-order valence-electron chi connectivity index (χ1n) is 2.67. The standard InChI is InChI=1S/3C2H4O.CHO.Y/c3*1-2-3;1-2;/h3*2H,1H3;1H;/q;;;-1;. The molecule has 0 spiro atoms. The molecule has 4 nitrogen and oxygen atoms in total. The number of carbonyl (C=O) groups is 3. The first-order chi connectivity index (χ1) is 5.24. The maximum absolute atomic E-state index is 8.81. The van der Waals surface area contributed by atoms with Crippen molar-refractivity contribution >= 4 is 25.6 Å². The third-order valence-electron chi connectivity index (χ3n) is 0. The van der Waals surface area contributed by atoms with Crippen LogP contribution in [0.15, 0.2) is 0 Å². The third-order valence-corrected chi connectivity index (χ3v) is 0. The molecule has 0 rings (SSSR count). The van der Waals surface area contributed by atoms with E-state index in [-0.39, 0.29) is 32.7 Å². The number of rotatable bonds is 0. The molecular weight excluding hydrogens is 237 g/mol. The van der Waals surface area contributed by atoms with Crippen LogP contribution in [-0.4, -0.2) is 25.6 Å². The summed E-state index contributed by atoms with van der Waals surface area (Å²) in [6.07, 6.45) is 2.25. The SMILES string of the molecule is CC=O.CC=O.CC=O.[CH-]=O.[Y]. The van der Waals surface area contributed by atoms with E-state index < -0.39 is 0 Å². The minimum Gasteiger partial charge on any atom is -0.545 e. The number of carbonyl (C=O) groups excluding carboxylic acids is 4. The Balaban J connectivity index is -0.0000000179. The van der Waals surface area contributed by atoms with Crippen molar-refractivity contribution in [3.05, 3.63) is 0 Å². The Kier molecular flexibility index (Phi) is 331. The molecule has 0 fully saturated rings. The molecule has 0 saturated heterocycles. The molecule has 12 heavy (non-hydrogen) atoms. The first-order valence-corrected chi connectivity index (χ1v) is 2.67. The van der Waals surface area contributed by atoms with E-state index in [1.54, 1.807) is 0 Å². The van der Waals surface area contributed by atoms with Crippen molar-refractivity contribution in [2.24, 2.45) is 0 Å². The smallest absolute Gasteiger partial charge is 0.116 e. The zero-order valence-corrected chi connectivity index (χ0v) is 10.4. The van der Waals surface area contributed by atoms with Crippen LogP contribution in [0, 0.1) is 0 Å². The summed E-state index contributed by atoms with van der Waals surface area (Å²) in [5.74, 6) is 0. The molecular formula is C7H13O4Y-. The Morgan fingerprint density at radius 2 is 0.750 bits per heavy atom. The third kappa shape index (κ3) is 16200. The first kappa shape index (κ1) is 29.8. The van der Waals surface area contributed by atoms with Gasteiger partial charge in [0.25, 0.3) is 0 Å². The molecule has 0 aliphatic rings. The Bertz CT molecular complexity index is 61.5. The molecule has 0 aliphatic heterocycles. The summed E-state index contributed by atoms with van der Waals surface area (Å²) in [5, 5.41) is 0. The van der Waals surface area contributed by atoms with Gasteiger partial charge in [0, 0.05) is 32.7 Å². The number of aldehydes is 3.